The minimum absolute atomic E-state index is 0.165. The molecule has 1 aromatic carbocycles. The molecular formula is C11H14BrNO. The molecule has 1 aromatic rings. The Hall–Kier alpha value is -0.380. The fourth-order valence-electron chi connectivity index (χ4n) is 1.82. The highest BCUT2D eigenvalue weighted by atomic mass is 79.9. The summed E-state index contributed by atoms with van der Waals surface area (Å²) in [6, 6.07) is 8.77. The van der Waals surface area contributed by atoms with E-state index in [1.807, 2.05) is 0 Å². The molecule has 0 saturated carbocycles. The number of aliphatic hydroxyl groups excluding tert-OH is 1. The number of hydrogen-bond acceptors (Lipinski definition) is 2. The lowest BCUT2D eigenvalue weighted by molar-refractivity contribution is 0.126. The molecule has 0 aliphatic carbocycles. The van der Waals surface area contributed by atoms with E-state index in [9.17, 15) is 5.11 Å². The predicted molar refractivity (Wildman–Crippen MR) is 60.1 cm³/mol. The van der Waals surface area contributed by atoms with Crippen molar-refractivity contribution in [1.82, 2.24) is 5.32 Å². The van der Waals surface area contributed by atoms with E-state index in [0.29, 0.717) is 12.6 Å². The number of hydrogen-bond donors (Lipinski definition) is 2. The summed E-state index contributed by atoms with van der Waals surface area (Å²) in [5, 5.41) is 12.7. The Morgan fingerprint density at radius 2 is 1.93 bits per heavy atom. The van der Waals surface area contributed by atoms with Crippen LogP contribution in [0.3, 0.4) is 0 Å². The fourth-order valence-corrected chi connectivity index (χ4v) is 2.09. The third-order valence-electron chi connectivity index (χ3n) is 2.66. The number of rotatable bonds is 1. The zero-order chi connectivity index (χ0) is 9.97. The molecule has 2 nitrogen and oxygen atoms in total. The molecule has 0 aromatic heterocycles. The summed E-state index contributed by atoms with van der Waals surface area (Å²) in [5.41, 5.74) is 1.31. The number of piperidine rings is 1. The van der Waals surface area contributed by atoms with Crippen LogP contribution in [-0.4, -0.2) is 17.8 Å². The second kappa shape index (κ2) is 4.43. The van der Waals surface area contributed by atoms with Crippen LogP contribution >= 0.6 is 15.9 Å². The fraction of sp³-hybridized carbons (Fsp3) is 0.455. The van der Waals surface area contributed by atoms with E-state index in [1.54, 1.807) is 0 Å². The van der Waals surface area contributed by atoms with Crippen LogP contribution in [0.1, 0.15) is 24.4 Å². The van der Waals surface area contributed by atoms with Crippen molar-refractivity contribution in [2.45, 2.75) is 25.0 Å². The third kappa shape index (κ3) is 2.35. The first-order valence-corrected chi connectivity index (χ1v) is 5.72. The van der Waals surface area contributed by atoms with Crippen LogP contribution in [0.15, 0.2) is 28.7 Å². The molecule has 1 fully saturated rings. The molecule has 1 saturated heterocycles. The Morgan fingerprint density at radius 1 is 1.21 bits per heavy atom. The summed E-state index contributed by atoms with van der Waals surface area (Å²) < 4.78 is 1.11. The average Bonchev–Trinajstić information content (AvgIpc) is 2.21. The van der Waals surface area contributed by atoms with Gasteiger partial charge in [-0.15, -0.1) is 0 Å². The SMILES string of the molecule is OC1CCC(c2ccc(Br)cc2)NC1. The van der Waals surface area contributed by atoms with Crippen molar-refractivity contribution >= 4 is 15.9 Å². The molecule has 14 heavy (non-hydrogen) atoms. The summed E-state index contributed by atoms with van der Waals surface area (Å²) >= 11 is 3.42. The molecule has 0 bridgehead atoms. The zero-order valence-corrected chi connectivity index (χ0v) is 9.50. The molecule has 2 N–H and O–H groups in total. The Bertz CT molecular complexity index is 291. The first-order valence-electron chi connectivity index (χ1n) is 4.92. The highest BCUT2D eigenvalue weighted by Gasteiger charge is 2.19. The van der Waals surface area contributed by atoms with E-state index in [1.165, 1.54) is 5.56 Å². The maximum Gasteiger partial charge on any atom is 0.0665 e. The number of nitrogens with one attached hydrogen (secondary N) is 1. The van der Waals surface area contributed by atoms with Crippen LogP contribution < -0.4 is 5.32 Å². The molecule has 0 amide bonds. The summed E-state index contributed by atoms with van der Waals surface area (Å²) in [7, 11) is 0. The van der Waals surface area contributed by atoms with Gasteiger partial charge in [-0.2, -0.15) is 0 Å². The van der Waals surface area contributed by atoms with Gasteiger partial charge in [0.25, 0.3) is 0 Å². The van der Waals surface area contributed by atoms with E-state index >= 15 is 0 Å². The molecule has 2 unspecified atom stereocenters. The number of aliphatic hydroxyl groups is 1. The second-order valence-corrected chi connectivity index (χ2v) is 4.66. The van der Waals surface area contributed by atoms with Gasteiger partial charge in [0.15, 0.2) is 0 Å². The molecule has 76 valence electrons. The first-order chi connectivity index (χ1) is 6.75. The molecule has 2 rings (SSSR count). The zero-order valence-electron chi connectivity index (χ0n) is 7.91. The Balaban J connectivity index is 2.05. The van der Waals surface area contributed by atoms with E-state index < -0.39 is 0 Å². The molecule has 1 aliphatic rings. The van der Waals surface area contributed by atoms with Gasteiger partial charge in [0.2, 0.25) is 0 Å². The second-order valence-electron chi connectivity index (χ2n) is 3.74. The van der Waals surface area contributed by atoms with Crippen molar-refractivity contribution in [2.24, 2.45) is 0 Å². The molecule has 0 radical (unpaired) electrons. The normalized spacial score (nSPS) is 27.6. The number of benzene rings is 1. The topological polar surface area (TPSA) is 32.3 Å². The van der Waals surface area contributed by atoms with Gasteiger partial charge in [-0.1, -0.05) is 28.1 Å². The average molecular weight is 256 g/mol. The van der Waals surface area contributed by atoms with E-state index in [2.05, 4.69) is 45.5 Å². The molecule has 1 heterocycles. The van der Waals surface area contributed by atoms with Gasteiger partial charge in [0.1, 0.15) is 0 Å². The highest BCUT2D eigenvalue weighted by molar-refractivity contribution is 9.10. The Labute approximate surface area is 92.5 Å². The van der Waals surface area contributed by atoms with Crippen molar-refractivity contribution < 1.29 is 5.11 Å². The van der Waals surface area contributed by atoms with Crippen molar-refractivity contribution in [3.63, 3.8) is 0 Å². The minimum Gasteiger partial charge on any atom is -0.392 e. The summed E-state index contributed by atoms with van der Waals surface area (Å²) in [4.78, 5) is 0. The third-order valence-corrected chi connectivity index (χ3v) is 3.19. The van der Waals surface area contributed by atoms with Crippen molar-refractivity contribution in [3.05, 3.63) is 34.3 Å². The van der Waals surface area contributed by atoms with Crippen LogP contribution in [0.4, 0.5) is 0 Å². The van der Waals surface area contributed by atoms with Crippen molar-refractivity contribution in [3.8, 4) is 0 Å². The van der Waals surface area contributed by atoms with Gasteiger partial charge >= 0.3 is 0 Å². The van der Waals surface area contributed by atoms with Gasteiger partial charge in [-0.25, -0.2) is 0 Å². The van der Waals surface area contributed by atoms with Gasteiger partial charge in [0.05, 0.1) is 6.10 Å². The van der Waals surface area contributed by atoms with Crippen LogP contribution in [0.5, 0.6) is 0 Å². The maximum atomic E-state index is 9.35. The molecule has 1 aliphatic heterocycles. The lowest BCUT2D eigenvalue weighted by Crippen LogP contribution is -2.36. The number of halogens is 1. The van der Waals surface area contributed by atoms with Gasteiger partial charge in [-0.05, 0) is 30.5 Å². The standard InChI is InChI=1S/C11H14BrNO/c12-9-3-1-8(2-4-9)11-6-5-10(14)7-13-11/h1-4,10-11,13-14H,5-7H2. The smallest absolute Gasteiger partial charge is 0.0665 e. The lowest BCUT2D eigenvalue weighted by Gasteiger charge is -2.27. The van der Waals surface area contributed by atoms with Crippen LogP contribution in [0.25, 0.3) is 0 Å². The van der Waals surface area contributed by atoms with E-state index in [0.717, 1.165) is 17.3 Å². The minimum atomic E-state index is -0.165. The van der Waals surface area contributed by atoms with Gasteiger partial charge in [-0.3, -0.25) is 0 Å². The van der Waals surface area contributed by atoms with Gasteiger partial charge in [0, 0.05) is 17.1 Å². The first kappa shape index (κ1) is 10.1. The maximum absolute atomic E-state index is 9.35. The molecule has 0 spiro atoms. The Kier molecular flexibility index (Phi) is 3.21. The lowest BCUT2D eigenvalue weighted by atomic mass is 9.96. The highest BCUT2D eigenvalue weighted by Crippen LogP contribution is 2.24. The van der Waals surface area contributed by atoms with Crippen LogP contribution in [0, 0.1) is 0 Å². The summed E-state index contributed by atoms with van der Waals surface area (Å²) in [6.45, 7) is 0.709. The summed E-state index contributed by atoms with van der Waals surface area (Å²) in [5.74, 6) is 0. The molecule has 2 atom stereocenters. The molecule has 3 heteroatoms. The van der Waals surface area contributed by atoms with Crippen molar-refractivity contribution in [1.29, 1.82) is 0 Å². The molecular weight excluding hydrogens is 242 g/mol. The Morgan fingerprint density at radius 3 is 2.50 bits per heavy atom. The van der Waals surface area contributed by atoms with Crippen molar-refractivity contribution in [2.75, 3.05) is 6.54 Å². The van der Waals surface area contributed by atoms with E-state index in [4.69, 9.17) is 0 Å². The van der Waals surface area contributed by atoms with Crippen LogP contribution in [0.2, 0.25) is 0 Å². The van der Waals surface area contributed by atoms with E-state index in [-0.39, 0.29) is 6.10 Å². The monoisotopic (exact) mass is 255 g/mol. The largest absolute Gasteiger partial charge is 0.392 e. The number of β-amino-alcohol motifs (C(OH)–C–C–N with tert-alkyl or cyclic N) is 1. The van der Waals surface area contributed by atoms with Crippen LogP contribution in [-0.2, 0) is 0 Å². The predicted octanol–water partition coefficient (Wildman–Crippen LogP) is 2.23. The summed E-state index contributed by atoms with van der Waals surface area (Å²) in [6.07, 6.45) is 1.75. The van der Waals surface area contributed by atoms with Gasteiger partial charge < -0.3 is 10.4 Å². The quantitative estimate of drug-likeness (QED) is 0.807.